The average Bonchev–Trinajstić information content (AvgIpc) is 3.21. The van der Waals surface area contributed by atoms with Gasteiger partial charge in [-0.3, -0.25) is 4.79 Å². The molecule has 1 fully saturated rings. The molecule has 1 amide bonds. The number of carbonyl (C=O) groups excluding carboxylic acids is 1. The highest BCUT2D eigenvalue weighted by molar-refractivity contribution is 5.95. The summed E-state index contributed by atoms with van der Waals surface area (Å²) >= 11 is 0. The van der Waals surface area contributed by atoms with Crippen LogP contribution in [0, 0.1) is 0 Å². The molecule has 6 heteroatoms. The lowest BCUT2D eigenvalue weighted by atomic mass is 10.1. The van der Waals surface area contributed by atoms with Crippen LogP contribution in [0.5, 0.6) is 5.88 Å². The van der Waals surface area contributed by atoms with Gasteiger partial charge in [0.25, 0.3) is 5.91 Å². The molecule has 1 aromatic carbocycles. The SMILES string of the molecule is COc1ccc(-c2cccc(C(=O)NCCCCC3CCCO3)c2)nn1. The topological polar surface area (TPSA) is 73.3 Å². The van der Waals surface area contributed by atoms with E-state index in [9.17, 15) is 4.79 Å². The second-order valence-corrected chi connectivity index (χ2v) is 6.43. The van der Waals surface area contributed by atoms with E-state index in [0.29, 0.717) is 29.8 Å². The molecule has 1 N–H and O–H groups in total. The van der Waals surface area contributed by atoms with Gasteiger partial charge >= 0.3 is 0 Å². The fourth-order valence-electron chi connectivity index (χ4n) is 3.08. The van der Waals surface area contributed by atoms with Crippen molar-refractivity contribution in [3.63, 3.8) is 0 Å². The Morgan fingerprint density at radius 3 is 2.92 bits per heavy atom. The Labute approximate surface area is 153 Å². The Balaban J connectivity index is 1.49. The molecule has 0 saturated carbocycles. The van der Waals surface area contributed by atoms with Crippen LogP contribution in [0.2, 0.25) is 0 Å². The second-order valence-electron chi connectivity index (χ2n) is 6.43. The molecule has 0 bridgehead atoms. The van der Waals surface area contributed by atoms with Crippen LogP contribution < -0.4 is 10.1 Å². The standard InChI is InChI=1S/C20H25N3O3/c1-25-19-11-10-18(22-23-19)15-6-4-7-16(14-15)20(24)21-12-3-2-8-17-9-5-13-26-17/h4,6-7,10-11,14,17H,2-3,5,8-9,12-13H2,1H3,(H,21,24). The maximum atomic E-state index is 12.4. The summed E-state index contributed by atoms with van der Waals surface area (Å²) in [5.74, 6) is 0.399. The van der Waals surface area contributed by atoms with Crippen molar-refractivity contribution in [3.8, 4) is 17.1 Å². The molecule has 1 saturated heterocycles. The van der Waals surface area contributed by atoms with Crippen molar-refractivity contribution in [1.29, 1.82) is 0 Å². The number of hydrogen-bond acceptors (Lipinski definition) is 5. The fraction of sp³-hybridized carbons (Fsp3) is 0.450. The van der Waals surface area contributed by atoms with Crippen molar-refractivity contribution >= 4 is 5.91 Å². The van der Waals surface area contributed by atoms with Gasteiger partial charge in [-0.2, -0.15) is 0 Å². The highest BCUT2D eigenvalue weighted by atomic mass is 16.5. The van der Waals surface area contributed by atoms with E-state index in [4.69, 9.17) is 9.47 Å². The van der Waals surface area contributed by atoms with E-state index in [1.807, 2.05) is 30.3 Å². The van der Waals surface area contributed by atoms with E-state index in [2.05, 4.69) is 15.5 Å². The molecular formula is C20H25N3O3. The number of methoxy groups -OCH3 is 1. The number of amides is 1. The molecule has 6 nitrogen and oxygen atoms in total. The minimum absolute atomic E-state index is 0.0644. The molecule has 1 aliphatic heterocycles. The predicted molar refractivity (Wildman–Crippen MR) is 99.2 cm³/mol. The normalized spacial score (nSPS) is 16.4. The molecule has 1 aromatic heterocycles. The van der Waals surface area contributed by atoms with Gasteiger partial charge in [0.05, 0.1) is 18.9 Å². The van der Waals surface area contributed by atoms with Gasteiger partial charge in [0.2, 0.25) is 5.88 Å². The van der Waals surface area contributed by atoms with Crippen LogP contribution in [0.25, 0.3) is 11.3 Å². The van der Waals surface area contributed by atoms with Crippen LogP contribution in [-0.2, 0) is 4.74 Å². The molecule has 0 spiro atoms. The lowest BCUT2D eigenvalue weighted by Gasteiger charge is -2.09. The first-order valence-corrected chi connectivity index (χ1v) is 9.14. The minimum atomic E-state index is -0.0644. The summed E-state index contributed by atoms with van der Waals surface area (Å²) in [7, 11) is 1.55. The van der Waals surface area contributed by atoms with Crippen molar-refractivity contribution in [1.82, 2.24) is 15.5 Å². The summed E-state index contributed by atoms with van der Waals surface area (Å²) in [6.07, 6.45) is 5.90. The molecule has 26 heavy (non-hydrogen) atoms. The predicted octanol–water partition coefficient (Wildman–Crippen LogP) is 3.23. The highest BCUT2D eigenvalue weighted by Gasteiger charge is 2.14. The van der Waals surface area contributed by atoms with E-state index in [1.54, 1.807) is 13.2 Å². The fourth-order valence-corrected chi connectivity index (χ4v) is 3.08. The first-order valence-electron chi connectivity index (χ1n) is 9.14. The Kier molecular flexibility index (Phi) is 6.55. The number of unbranched alkanes of at least 4 members (excludes halogenated alkanes) is 1. The van der Waals surface area contributed by atoms with E-state index in [0.717, 1.165) is 31.4 Å². The van der Waals surface area contributed by atoms with Gasteiger partial charge in [-0.05, 0) is 50.3 Å². The average molecular weight is 355 g/mol. The molecule has 3 rings (SSSR count). The van der Waals surface area contributed by atoms with Crippen molar-refractivity contribution < 1.29 is 14.3 Å². The third kappa shape index (κ3) is 5.02. The number of nitrogens with one attached hydrogen (secondary N) is 1. The summed E-state index contributed by atoms with van der Waals surface area (Å²) in [6, 6.07) is 11.0. The molecule has 1 aliphatic rings. The molecule has 2 heterocycles. The summed E-state index contributed by atoms with van der Waals surface area (Å²) in [6.45, 7) is 1.58. The monoisotopic (exact) mass is 355 g/mol. The van der Waals surface area contributed by atoms with Crippen molar-refractivity contribution in [3.05, 3.63) is 42.0 Å². The Bertz CT molecular complexity index is 712. The van der Waals surface area contributed by atoms with Crippen LogP contribution in [-0.4, -0.2) is 42.5 Å². The zero-order valence-electron chi connectivity index (χ0n) is 15.1. The maximum absolute atomic E-state index is 12.4. The third-order valence-electron chi connectivity index (χ3n) is 4.53. The largest absolute Gasteiger partial charge is 0.480 e. The van der Waals surface area contributed by atoms with Gasteiger partial charge < -0.3 is 14.8 Å². The van der Waals surface area contributed by atoms with Crippen LogP contribution >= 0.6 is 0 Å². The van der Waals surface area contributed by atoms with Crippen LogP contribution in [0.3, 0.4) is 0 Å². The number of ether oxygens (including phenoxy) is 2. The Morgan fingerprint density at radius 1 is 1.27 bits per heavy atom. The van der Waals surface area contributed by atoms with Crippen molar-refractivity contribution in [2.75, 3.05) is 20.3 Å². The third-order valence-corrected chi connectivity index (χ3v) is 4.53. The van der Waals surface area contributed by atoms with Crippen LogP contribution in [0.4, 0.5) is 0 Å². The lowest BCUT2D eigenvalue weighted by Crippen LogP contribution is -2.24. The first kappa shape index (κ1) is 18.3. The van der Waals surface area contributed by atoms with E-state index < -0.39 is 0 Å². The molecule has 1 unspecified atom stereocenters. The zero-order chi connectivity index (χ0) is 18.2. The maximum Gasteiger partial charge on any atom is 0.251 e. The van der Waals surface area contributed by atoms with E-state index in [-0.39, 0.29) is 5.91 Å². The molecular weight excluding hydrogens is 330 g/mol. The van der Waals surface area contributed by atoms with E-state index in [1.165, 1.54) is 12.8 Å². The summed E-state index contributed by atoms with van der Waals surface area (Å²) in [5, 5.41) is 11.1. The van der Waals surface area contributed by atoms with E-state index >= 15 is 0 Å². The van der Waals surface area contributed by atoms with Gasteiger partial charge in [-0.25, -0.2) is 0 Å². The number of aromatic nitrogens is 2. The summed E-state index contributed by atoms with van der Waals surface area (Å²) in [4.78, 5) is 12.4. The number of nitrogens with zero attached hydrogens (tertiary/aromatic N) is 2. The first-order chi connectivity index (χ1) is 12.8. The van der Waals surface area contributed by atoms with Crippen LogP contribution in [0.15, 0.2) is 36.4 Å². The smallest absolute Gasteiger partial charge is 0.251 e. The molecule has 0 radical (unpaired) electrons. The van der Waals surface area contributed by atoms with Gasteiger partial charge in [0, 0.05) is 30.3 Å². The van der Waals surface area contributed by atoms with Crippen molar-refractivity contribution in [2.45, 2.75) is 38.2 Å². The second kappa shape index (κ2) is 9.29. The van der Waals surface area contributed by atoms with Gasteiger partial charge in [-0.15, -0.1) is 10.2 Å². The summed E-state index contributed by atoms with van der Waals surface area (Å²) < 4.78 is 10.6. The highest BCUT2D eigenvalue weighted by Crippen LogP contribution is 2.19. The quantitative estimate of drug-likeness (QED) is 0.736. The molecule has 0 aliphatic carbocycles. The number of benzene rings is 1. The van der Waals surface area contributed by atoms with Gasteiger partial charge in [-0.1, -0.05) is 12.1 Å². The Hall–Kier alpha value is -2.47. The Morgan fingerprint density at radius 2 is 2.19 bits per heavy atom. The van der Waals surface area contributed by atoms with Crippen molar-refractivity contribution in [2.24, 2.45) is 0 Å². The number of carbonyl (C=O) groups is 1. The van der Waals surface area contributed by atoms with Gasteiger partial charge in [0.15, 0.2) is 0 Å². The molecule has 138 valence electrons. The van der Waals surface area contributed by atoms with Crippen LogP contribution in [0.1, 0.15) is 42.5 Å². The number of hydrogen-bond donors (Lipinski definition) is 1. The lowest BCUT2D eigenvalue weighted by molar-refractivity contribution is 0.0947. The molecule has 2 aromatic rings. The minimum Gasteiger partial charge on any atom is -0.480 e. The molecule has 1 atom stereocenters. The zero-order valence-corrected chi connectivity index (χ0v) is 15.1. The van der Waals surface area contributed by atoms with Gasteiger partial charge in [0.1, 0.15) is 0 Å². The number of rotatable bonds is 8. The summed E-state index contributed by atoms with van der Waals surface area (Å²) in [5.41, 5.74) is 2.18.